The van der Waals surface area contributed by atoms with E-state index in [1.165, 1.54) is 10.5 Å². The Hall–Kier alpha value is -1.22. The molecule has 0 radical (unpaired) electrons. The van der Waals surface area contributed by atoms with E-state index in [-0.39, 0.29) is 10.9 Å². The molecule has 0 aliphatic carbocycles. The first kappa shape index (κ1) is 14.2. The Morgan fingerprint density at radius 2 is 2.42 bits per heavy atom. The van der Waals surface area contributed by atoms with Gasteiger partial charge in [0.25, 0.3) is 10.0 Å². The van der Waals surface area contributed by atoms with Crippen LogP contribution >= 0.6 is 0 Å². The predicted molar refractivity (Wildman–Crippen MR) is 70.8 cm³/mol. The van der Waals surface area contributed by atoms with Crippen molar-refractivity contribution < 1.29 is 13.2 Å². The Kier molecular flexibility index (Phi) is 4.35. The van der Waals surface area contributed by atoms with Gasteiger partial charge in [0.15, 0.2) is 5.03 Å². The zero-order valence-electron chi connectivity index (χ0n) is 10.7. The van der Waals surface area contributed by atoms with E-state index >= 15 is 0 Å². The molecule has 0 bridgehead atoms. The van der Waals surface area contributed by atoms with Gasteiger partial charge in [0, 0.05) is 26.4 Å². The number of hydrazine groups is 1. The van der Waals surface area contributed by atoms with Crippen LogP contribution in [-0.4, -0.2) is 44.5 Å². The number of rotatable bonds is 5. The van der Waals surface area contributed by atoms with Crippen LogP contribution in [0, 0.1) is 5.92 Å². The molecule has 1 unspecified atom stereocenters. The van der Waals surface area contributed by atoms with E-state index in [1.807, 2.05) is 0 Å². The minimum Gasteiger partial charge on any atom is -0.384 e. The van der Waals surface area contributed by atoms with Crippen molar-refractivity contribution in [1.29, 1.82) is 0 Å². The van der Waals surface area contributed by atoms with Crippen LogP contribution in [0.2, 0.25) is 0 Å². The normalized spacial score (nSPS) is 20.6. The Labute approximate surface area is 112 Å². The molecule has 0 aromatic carbocycles. The summed E-state index contributed by atoms with van der Waals surface area (Å²) in [6.45, 7) is 1.50. The van der Waals surface area contributed by atoms with Crippen LogP contribution in [0.4, 0.5) is 5.69 Å². The van der Waals surface area contributed by atoms with Gasteiger partial charge in [-0.15, -0.1) is 0 Å². The smallest absolute Gasteiger partial charge is 0.262 e. The molecule has 0 spiro atoms. The summed E-state index contributed by atoms with van der Waals surface area (Å²) in [5.41, 5.74) is 2.67. The summed E-state index contributed by atoms with van der Waals surface area (Å²) in [7, 11) is -1.99. The summed E-state index contributed by atoms with van der Waals surface area (Å²) in [6.07, 6.45) is 2.24. The molecule has 2 heterocycles. The number of hydrogen-bond acceptors (Lipinski definition) is 6. The third-order valence-corrected chi connectivity index (χ3v) is 4.99. The number of sulfonamides is 1. The van der Waals surface area contributed by atoms with Gasteiger partial charge in [-0.3, -0.25) is 5.84 Å². The second-order valence-electron chi connectivity index (χ2n) is 4.47. The fraction of sp³-hybridized carbons (Fsp3) is 0.545. The molecule has 1 fully saturated rings. The molecule has 1 saturated heterocycles. The number of pyridine rings is 1. The van der Waals surface area contributed by atoms with Crippen molar-refractivity contribution in [3.05, 3.63) is 18.3 Å². The van der Waals surface area contributed by atoms with Crippen LogP contribution in [0.25, 0.3) is 0 Å². The summed E-state index contributed by atoms with van der Waals surface area (Å²) in [4.78, 5) is 3.93. The molecule has 2 rings (SSSR count). The molecular weight excluding hydrogens is 268 g/mol. The standard InChI is InChI=1S/C11H18N4O3S/c1-18-8-9-4-6-15(7-9)19(16,17)11-10(14-12)3-2-5-13-11/h2-3,5,9,14H,4,6-8,12H2,1H3. The molecule has 7 nitrogen and oxygen atoms in total. The van der Waals surface area contributed by atoms with Crippen LogP contribution in [0.1, 0.15) is 6.42 Å². The van der Waals surface area contributed by atoms with Crippen molar-refractivity contribution >= 4 is 15.7 Å². The van der Waals surface area contributed by atoms with E-state index in [0.717, 1.165) is 6.42 Å². The molecule has 106 valence electrons. The third kappa shape index (κ3) is 2.86. The second-order valence-corrected chi connectivity index (χ2v) is 6.33. The summed E-state index contributed by atoms with van der Waals surface area (Å²) in [5, 5.41) is -0.0319. The highest BCUT2D eigenvalue weighted by Gasteiger charge is 2.34. The summed E-state index contributed by atoms with van der Waals surface area (Å²) < 4.78 is 31.5. The second kappa shape index (κ2) is 5.83. The first-order valence-electron chi connectivity index (χ1n) is 6.00. The minimum absolute atomic E-state index is 0.0319. The molecule has 8 heteroatoms. The average Bonchev–Trinajstić information content (AvgIpc) is 2.88. The summed E-state index contributed by atoms with van der Waals surface area (Å²) in [5.74, 6) is 5.56. The number of ether oxygens (including phenoxy) is 1. The van der Waals surface area contributed by atoms with Gasteiger partial charge in [-0.2, -0.15) is 4.31 Å². The number of hydrogen-bond donors (Lipinski definition) is 2. The largest absolute Gasteiger partial charge is 0.384 e. The van der Waals surface area contributed by atoms with Gasteiger partial charge in [-0.1, -0.05) is 0 Å². The third-order valence-electron chi connectivity index (χ3n) is 3.16. The number of methoxy groups -OCH3 is 1. The first-order chi connectivity index (χ1) is 9.09. The van der Waals surface area contributed by atoms with Crippen LogP contribution in [0.5, 0.6) is 0 Å². The van der Waals surface area contributed by atoms with E-state index in [4.69, 9.17) is 10.6 Å². The van der Waals surface area contributed by atoms with E-state index in [9.17, 15) is 8.42 Å². The van der Waals surface area contributed by atoms with E-state index < -0.39 is 10.0 Å². The molecule has 3 N–H and O–H groups in total. The van der Waals surface area contributed by atoms with Gasteiger partial charge in [-0.25, -0.2) is 13.4 Å². The lowest BCUT2D eigenvalue weighted by atomic mass is 10.1. The lowest BCUT2D eigenvalue weighted by Crippen LogP contribution is -2.31. The quantitative estimate of drug-likeness (QED) is 0.585. The summed E-state index contributed by atoms with van der Waals surface area (Å²) >= 11 is 0. The first-order valence-corrected chi connectivity index (χ1v) is 7.44. The Bertz CT molecular complexity index is 534. The number of nitrogens with zero attached hydrogens (tertiary/aromatic N) is 2. The SMILES string of the molecule is COCC1CCN(S(=O)(=O)c2ncccc2NN)C1. The van der Waals surface area contributed by atoms with Crippen molar-refractivity contribution in [3.63, 3.8) is 0 Å². The summed E-state index contributed by atoms with van der Waals surface area (Å²) in [6, 6.07) is 3.22. The fourth-order valence-electron chi connectivity index (χ4n) is 2.22. The highest BCUT2D eigenvalue weighted by molar-refractivity contribution is 7.89. The monoisotopic (exact) mass is 286 g/mol. The Morgan fingerprint density at radius 3 is 3.11 bits per heavy atom. The van der Waals surface area contributed by atoms with Crippen LogP contribution in [-0.2, 0) is 14.8 Å². The van der Waals surface area contributed by atoms with Gasteiger partial charge >= 0.3 is 0 Å². The number of aromatic nitrogens is 1. The fourth-order valence-corrected chi connectivity index (χ4v) is 3.81. The zero-order valence-corrected chi connectivity index (χ0v) is 11.6. The van der Waals surface area contributed by atoms with Crippen LogP contribution in [0.15, 0.2) is 23.4 Å². The molecule has 1 aromatic rings. The number of nitrogens with one attached hydrogen (secondary N) is 1. The van der Waals surface area contributed by atoms with E-state index in [0.29, 0.717) is 25.4 Å². The molecule has 1 aliphatic rings. The van der Waals surface area contributed by atoms with Crippen molar-refractivity contribution in [1.82, 2.24) is 9.29 Å². The zero-order chi connectivity index (χ0) is 13.9. The van der Waals surface area contributed by atoms with Gasteiger partial charge in [0.05, 0.1) is 12.3 Å². The van der Waals surface area contributed by atoms with Crippen molar-refractivity contribution in [2.45, 2.75) is 11.4 Å². The highest BCUT2D eigenvalue weighted by Crippen LogP contribution is 2.26. The maximum absolute atomic E-state index is 12.5. The van der Waals surface area contributed by atoms with E-state index in [1.54, 1.807) is 19.2 Å². The van der Waals surface area contributed by atoms with Gasteiger partial charge < -0.3 is 10.2 Å². The lowest BCUT2D eigenvalue weighted by Gasteiger charge is -2.17. The van der Waals surface area contributed by atoms with Gasteiger partial charge in [0.1, 0.15) is 0 Å². The Morgan fingerprint density at radius 1 is 1.63 bits per heavy atom. The van der Waals surface area contributed by atoms with Gasteiger partial charge in [0.2, 0.25) is 0 Å². The van der Waals surface area contributed by atoms with E-state index in [2.05, 4.69) is 10.4 Å². The predicted octanol–water partition coefficient (Wildman–Crippen LogP) is 0.0242. The molecular formula is C11H18N4O3S. The molecule has 1 aliphatic heterocycles. The highest BCUT2D eigenvalue weighted by atomic mass is 32.2. The molecule has 0 amide bonds. The maximum atomic E-state index is 12.5. The topological polar surface area (TPSA) is 97.5 Å². The molecule has 1 atom stereocenters. The maximum Gasteiger partial charge on any atom is 0.262 e. The van der Waals surface area contributed by atoms with Crippen LogP contribution < -0.4 is 11.3 Å². The Balaban J connectivity index is 2.24. The number of nitrogen functional groups attached to an aromatic ring is 1. The lowest BCUT2D eigenvalue weighted by molar-refractivity contribution is 0.157. The molecule has 0 saturated carbocycles. The van der Waals surface area contributed by atoms with Gasteiger partial charge in [-0.05, 0) is 24.5 Å². The molecule has 19 heavy (non-hydrogen) atoms. The van der Waals surface area contributed by atoms with Crippen LogP contribution in [0.3, 0.4) is 0 Å². The molecule has 1 aromatic heterocycles. The van der Waals surface area contributed by atoms with Crippen molar-refractivity contribution in [3.8, 4) is 0 Å². The number of anilines is 1. The number of nitrogens with two attached hydrogens (primary N) is 1. The average molecular weight is 286 g/mol. The minimum atomic E-state index is -3.61. The van der Waals surface area contributed by atoms with Crippen molar-refractivity contribution in [2.24, 2.45) is 11.8 Å². The van der Waals surface area contributed by atoms with Crippen molar-refractivity contribution in [2.75, 3.05) is 32.2 Å².